The number of allylic oxidation sites excluding steroid dienone is 2. The van der Waals surface area contributed by atoms with E-state index in [1.165, 1.54) is 5.57 Å². The molecular formula is C28H42O4. The highest BCUT2D eigenvalue weighted by molar-refractivity contribution is 5.95. The van der Waals surface area contributed by atoms with Crippen LogP contribution in [0.15, 0.2) is 11.6 Å². The number of carboxylic acids is 1. The van der Waals surface area contributed by atoms with E-state index in [1.54, 1.807) is 0 Å². The number of aliphatic hydroxyl groups is 1. The first-order valence-electron chi connectivity index (χ1n) is 13.0. The predicted octanol–water partition coefficient (Wildman–Crippen LogP) is 5.63. The number of carbonyl (C=O) groups is 2. The Bertz CT molecular complexity index is 873. The molecule has 0 saturated heterocycles. The van der Waals surface area contributed by atoms with Crippen molar-refractivity contribution in [2.24, 2.45) is 51.2 Å². The van der Waals surface area contributed by atoms with Crippen molar-refractivity contribution in [3.63, 3.8) is 0 Å². The summed E-state index contributed by atoms with van der Waals surface area (Å²) in [6.07, 6.45) is 10.2. The Morgan fingerprint density at radius 1 is 0.906 bits per heavy atom. The summed E-state index contributed by atoms with van der Waals surface area (Å²) in [5.74, 6) is 0.337. The molecule has 4 heteroatoms. The van der Waals surface area contributed by atoms with E-state index in [0.29, 0.717) is 24.0 Å². The largest absolute Gasteiger partial charge is 0.481 e. The number of fused-ring (bicyclic) bond motifs is 7. The lowest BCUT2D eigenvalue weighted by Gasteiger charge is -2.67. The van der Waals surface area contributed by atoms with Gasteiger partial charge in [0, 0.05) is 5.92 Å². The van der Waals surface area contributed by atoms with Crippen LogP contribution in [-0.2, 0) is 9.59 Å². The molecule has 0 aromatic carbocycles. The van der Waals surface area contributed by atoms with Crippen molar-refractivity contribution < 1.29 is 19.8 Å². The Balaban J connectivity index is 1.56. The highest BCUT2D eigenvalue weighted by Gasteiger charge is 2.66. The normalized spacial score (nSPS) is 52.1. The summed E-state index contributed by atoms with van der Waals surface area (Å²) in [5, 5.41) is 20.5. The molecule has 3 unspecified atom stereocenters. The molecule has 178 valence electrons. The van der Waals surface area contributed by atoms with E-state index >= 15 is 0 Å². The summed E-state index contributed by atoms with van der Waals surface area (Å²) < 4.78 is 0. The zero-order chi connectivity index (χ0) is 23.3. The van der Waals surface area contributed by atoms with Crippen LogP contribution in [0.5, 0.6) is 0 Å². The van der Waals surface area contributed by atoms with Crippen LogP contribution < -0.4 is 0 Å². The van der Waals surface area contributed by atoms with Gasteiger partial charge in [0.1, 0.15) is 0 Å². The van der Waals surface area contributed by atoms with Gasteiger partial charge in [-0.3, -0.25) is 9.59 Å². The van der Waals surface area contributed by atoms with Crippen molar-refractivity contribution in [2.45, 2.75) is 98.5 Å². The van der Waals surface area contributed by atoms with Gasteiger partial charge in [-0.15, -0.1) is 0 Å². The third-order valence-corrected chi connectivity index (χ3v) is 11.8. The van der Waals surface area contributed by atoms with Gasteiger partial charge >= 0.3 is 5.97 Å². The van der Waals surface area contributed by atoms with Gasteiger partial charge in [0.15, 0.2) is 5.78 Å². The molecule has 0 heterocycles. The van der Waals surface area contributed by atoms with Crippen molar-refractivity contribution in [1.29, 1.82) is 0 Å². The van der Waals surface area contributed by atoms with Crippen molar-refractivity contribution in [3.05, 3.63) is 11.6 Å². The molecule has 4 nitrogen and oxygen atoms in total. The molecule has 32 heavy (non-hydrogen) atoms. The van der Waals surface area contributed by atoms with E-state index in [1.807, 2.05) is 6.08 Å². The number of hydrogen-bond acceptors (Lipinski definition) is 3. The van der Waals surface area contributed by atoms with Crippen molar-refractivity contribution in [1.82, 2.24) is 0 Å². The van der Waals surface area contributed by atoms with Crippen LogP contribution in [0.3, 0.4) is 0 Å². The van der Waals surface area contributed by atoms with E-state index in [2.05, 4.69) is 34.6 Å². The van der Waals surface area contributed by atoms with Crippen LogP contribution in [0, 0.1) is 51.2 Å². The Hall–Kier alpha value is -1.16. The van der Waals surface area contributed by atoms with E-state index in [9.17, 15) is 19.8 Å². The monoisotopic (exact) mass is 442 g/mol. The fourth-order valence-corrected chi connectivity index (χ4v) is 9.97. The van der Waals surface area contributed by atoms with Gasteiger partial charge < -0.3 is 10.2 Å². The third-order valence-electron chi connectivity index (χ3n) is 11.8. The molecule has 0 aromatic rings. The molecule has 5 aliphatic carbocycles. The first-order valence-corrected chi connectivity index (χ1v) is 13.0. The summed E-state index contributed by atoms with van der Waals surface area (Å²) in [7, 11) is 0. The number of ketones is 1. The molecule has 0 amide bonds. The minimum Gasteiger partial charge on any atom is -0.481 e. The Kier molecular flexibility index (Phi) is 4.90. The van der Waals surface area contributed by atoms with Crippen LogP contribution in [0.2, 0.25) is 0 Å². The molecule has 5 aliphatic rings. The molecule has 4 fully saturated rings. The zero-order valence-corrected chi connectivity index (χ0v) is 20.6. The summed E-state index contributed by atoms with van der Waals surface area (Å²) in [5.41, 5.74) is 1.14. The topological polar surface area (TPSA) is 74.6 Å². The second kappa shape index (κ2) is 6.93. The zero-order valence-electron chi connectivity index (χ0n) is 20.6. The Labute approximate surface area is 193 Å². The fraction of sp³-hybridized carbons (Fsp3) is 0.857. The molecule has 9 atom stereocenters. The summed E-state index contributed by atoms with van der Waals surface area (Å²) in [6.45, 7) is 11.5. The summed E-state index contributed by atoms with van der Waals surface area (Å²) >= 11 is 0. The fourth-order valence-electron chi connectivity index (χ4n) is 9.97. The van der Waals surface area contributed by atoms with Gasteiger partial charge in [-0.05, 0) is 103 Å². The average Bonchev–Trinajstić information content (AvgIpc) is 2.69. The summed E-state index contributed by atoms with van der Waals surface area (Å²) in [4.78, 5) is 25.8. The molecule has 5 rings (SSSR count). The van der Waals surface area contributed by atoms with E-state index in [4.69, 9.17) is 0 Å². The Morgan fingerprint density at radius 2 is 1.56 bits per heavy atom. The SMILES string of the molecule is CC1(C)C2CC[C@@]3(C)C4CC[C@@]5(C)CC[C@H](C(=O)O)C[C@H]5C4=CC(=O)C3[C@@]2(C)CC[C@@H]1O. The quantitative estimate of drug-likeness (QED) is 0.552. The highest BCUT2D eigenvalue weighted by atomic mass is 16.4. The van der Waals surface area contributed by atoms with Crippen LogP contribution in [0.4, 0.5) is 0 Å². The molecule has 0 spiro atoms. The van der Waals surface area contributed by atoms with E-state index in [-0.39, 0.29) is 45.5 Å². The smallest absolute Gasteiger partial charge is 0.306 e. The molecular weight excluding hydrogens is 400 g/mol. The number of aliphatic hydroxyl groups excluding tert-OH is 1. The van der Waals surface area contributed by atoms with Crippen LogP contribution in [-0.4, -0.2) is 28.1 Å². The van der Waals surface area contributed by atoms with Crippen molar-refractivity contribution in [2.75, 3.05) is 0 Å². The minimum atomic E-state index is -0.669. The second-order valence-electron chi connectivity index (χ2n) is 13.6. The maximum atomic E-state index is 14.0. The van der Waals surface area contributed by atoms with Crippen LogP contribution in [0.25, 0.3) is 0 Å². The second-order valence-corrected chi connectivity index (χ2v) is 13.6. The van der Waals surface area contributed by atoms with E-state index in [0.717, 1.165) is 51.4 Å². The van der Waals surface area contributed by atoms with E-state index < -0.39 is 5.97 Å². The predicted molar refractivity (Wildman–Crippen MR) is 124 cm³/mol. The Morgan fingerprint density at radius 3 is 2.25 bits per heavy atom. The number of rotatable bonds is 1. The lowest BCUT2D eigenvalue weighted by molar-refractivity contribution is -0.188. The van der Waals surface area contributed by atoms with Gasteiger partial charge in [0.2, 0.25) is 0 Å². The molecule has 0 aromatic heterocycles. The van der Waals surface area contributed by atoms with Gasteiger partial charge in [-0.2, -0.15) is 0 Å². The number of carboxylic acid groups (broad SMARTS) is 1. The minimum absolute atomic E-state index is 0.0116. The lowest BCUT2D eigenvalue weighted by Crippen LogP contribution is -2.63. The standard InChI is InChI=1S/C28H42O4/c1-25(2)21-8-12-27(4)18-7-11-26(3)10-6-16(24(31)32)14-19(26)17(18)15-20(29)23(27)28(21,5)13-9-22(25)30/h15-16,18-19,21-23,30H,6-14H2,1-5H3,(H,31,32)/t16-,18?,19-,21?,22-,23?,26+,27-,28-/m0/s1. The van der Waals surface area contributed by atoms with Crippen molar-refractivity contribution in [3.8, 4) is 0 Å². The number of hydrogen-bond donors (Lipinski definition) is 2. The maximum absolute atomic E-state index is 14.0. The van der Waals surface area contributed by atoms with Gasteiger partial charge in [0.25, 0.3) is 0 Å². The maximum Gasteiger partial charge on any atom is 0.306 e. The first kappa shape index (κ1) is 22.6. The molecule has 4 saturated carbocycles. The summed E-state index contributed by atoms with van der Waals surface area (Å²) in [6, 6.07) is 0. The third kappa shape index (κ3) is 2.83. The average molecular weight is 443 g/mol. The van der Waals surface area contributed by atoms with Gasteiger partial charge in [-0.1, -0.05) is 40.2 Å². The van der Waals surface area contributed by atoms with Gasteiger partial charge in [-0.25, -0.2) is 0 Å². The number of aliphatic carboxylic acids is 1. The number of carbonyl (C=O) groups excluding carboxylic acids is 1. The lowest BCUT2D eigenvalue weighted by atomic mass is 9.37. The van der Waals surface area contributed by atoms with Crippen LogP contribution in [0.1, 0.15) is 92.4 Å². The molecule has 0 radical (unpaired) electrons. The first-order chi connectivity index (χ1) is 14.8. The molecule has 2 N–H and O–H groups in total. The van der Waals surface area contributed by atoms with Gasteiger partial charge in [0.05, 0.1) is 12.0 Å². The molecule has 0 aliphatic heterocycles. The highest BCUT2D eigenvalue weighted by Crippen LogP contribution is 2.70. The molecule has 0 bridgehead atoms. The van der Waals surface area contributed by atoms with Crippen LogP contribution >= 0.6 is 0 Å². The van der Waals surface area contributed by atoms with Crippen molar-refractivity contribution >= 4 is 11.8 Å².